The number of ketones is 1. The van der Waals surface area contributed by atoms with Crippen molar-refractivity contribution in [2.24, 2.45) is 0 Å². The van der Waals surface area contributed by atoms with Crippen LogP contribution in [0.3, 0.4) is 0 Å². The fourth-order valence-electron chi connectivity index (χ4n) is 2.03. The Morgan fingerprint density at radius 1 is 1.22 bits per heavy atom. The lowest BCUT2D eigenvalue weighted by molar-refractivity contribution is -0.124. The minimum atomic E-state index is -0.681. The summed E-state index contributed by atoms with van der Waals surface area (Å²) in [6, 6.07) is 10.7. The number of hydrogen-bond acceptors (Lipinski definition) is 4. The molecule has 6 heteroatoms. The van der Waals surface area contributed by atoms with Gasteiger partial charge in [-0.3, -0.25) is 9.59 Å². The Morgan fingerprint density at radius 3 is 2.52 bits per heavy atom. The van der Waals surface area contributed by atoms with Crippen LogP contribution in [0, 0.1) is 0 Å². The number of aromatic nitrogens is 1. The number of Topliss-reactive ketones (excluding diaryl/α,β-unsaturated/α-hetero) is 1. The Bertz CT molecular complexity index is 706. The van der Waals surface area contributed by atoms with Crippen LogP contribution < -0.4 is 5.32 Å². The van der Waals surface area contributed by atoms with E-state index in [2.05, 4.69) is 10.3 Å². The van der Waals surface area contributed by atoms with Crippen molar-refractivity contribution in [2.75, 3.05) is 6.61 Å². The summed E-state index contributed by atoms with van der Waals surface area (Å²) < 4.78 is 4.93. The van der Waals surface area contributed by atoms with E-state index in [1.807, 2.05) is 37.3 Å². The number of benzene rings is 1. The summed E-state index contributed by atoms with van der Waals surface area (Å²) in [6.45, 7) is 2.86. The Hall–Kier alpha value is -2.89. The highest BCUT2D eigenvalue weighted by Gasteiger charge is 2.15. The van der Waals surface area contributed by atoms with Crippen molar-refractivity contribution in [3.63, 3.8) is 0 Å². The third kappa shape index (κ3) is 4.54. The van der Waals surface area contributed by atoms with Crippen LogP contribution in [-0.4, -0.2) is 29.3 Å². The number of hydrogen-bond donors (Lipinski definition) is 2. The summed E-state index contributed by atoms with van der Waals surface area (Å²) in [5, 5.41) is 2.75. The van der Waals surface area contributed by atoms with Crippen molar-refractivity contribution in [3.05, 3.63) is 59.4 Å². The SMILES string of the molecule is CC(=O)c1c[nH]c(C(=O)OCC(=O)N[C@H](C)c2ccccc2)c1. The predicted molar refractivity (Wildman–Crippen MR) is 84.1 cm³/mol. The Labute approximate surface area is 133 Å². The summed E-state index contributed by atoms with van der Waals surface area (Å²) in [5.74, 6) is -1.23. The number of carbonyl (C=O) groups excluding carboxylic acids is 3. The average Bonchev–Trinajstić information content (AvgIpc) is 3.03. The molecule has 1 amide bonds. The quantitative estimate of drug-likeness (QED) is 0.632. The van der Waals surface area contributed by atoms with Gasteiger partial charge in [0.25, 0.3) is 5.91 Å². The molecule has 0 bridgehead atoms. The molecule has 0 aliphatic carbocycles. The summed E-state index contributed by atoms with van der Waals surface area (Å²) in [5.41, 5.74) is 1.49. The van der Waals surface area contributed by atoms with Crippen molar-refractivity contribution < 1.29 is 19.1 Å². The van der Waals surface area contributed by atoms with E-state index in [1.165, 1.54) is 19.2 Å². The second-order valence-electron chi connectivity index (χ2n) is 5.13. The number of nitrogens with one attached hydrogen (secondary N) is 2. The number of esters is 1. The second-order valence-corrected chi connectivity index (χ2v) is 5.13. The van der Waals surface area contributed by atoms with E-state index in [9.17, 15) is 14.4 Å². The molecule has 2 aromatic rings. The largest absolute Gasteiger partial charge is 0.451 e. The van der Waals surface area contributed by atoms with Crippen LogP contribution in [-0.2, 0) is 9.53 Å². The molecule has 1 aromatic heterocycles. The topological polar surface area (TPSA) is 88.3 Å². The van der Waals surface area contributed by atoms with E-state index < -0.39 is 11.9 Å². The van der Waals surface area contributed by atoms with Gasteiger partial charge >= 0.3 is 5.97 Å². The van der Waals surface area contributed by atoms with Crippen LogP contribution in [0.5, 0.6) is 0 Å². The van der Waals surface area contributed by atoms with Crippen LogP contribution in [0.2, 0.25) is 0 Å². The van der Waals surface area contributed by atoms with Gasteiger partial charge in [0.15, 0.2) is 12.4 Å². The van der Waals surface area contributed by atoms with Crippen LogP contribution in [0.25, 0.3) is 0 Å². The minimum absolute atomic E-state index is 0.138. The average molecular weight is 314 g/mol. The standard InChI is InChI=1S/C17H18N2O4/c1-11(13-6-4-3-5-7-13)19-16(21)10-23-17(22)15-8-14(9-18-15)12(2)20/h3-9,11,18H,10H2,1-2H3,(H,19,21)/t11-/m1/s1. The first kappa shape index (κ1) is 16.5. The molecule has 1 aromatic carbocycles. The van der Waals surface area contributed by atoms with Gasteiger partial charge in [-0.25, -0.2) is 4.79 Å². The first-order valence-electron chi connectivity index (χ1n) is 7.18. The van der Waals surface area contributed by atoms with Crippen molar-refractivity contribution in [1.82, 2.24) is 10.3 Å². The van der Waals surface area contributed by atoms with E-state index in [0.29, 0.717) is 5.56 Å². The Kier molecular flexibility index (Phi) is 5.30. The summed E-state index contributed by atoms with van der Waals surface area (Å²) >= 11 is 0. The van der Waals surface area contributed by atoms with Gasteiger partial charge in [-0.05, 0) is 25.5 Å². The molecule has 0 saturated carbocycles. The third-order valence-electron chi connectivity index (χ3n) is 3.32. The van der Waals surface area contributed by atoms with Gasteiger partial charge in [-0.15, -0.1) is 0 Å². The molecule has 120 valence electrons. The lowest BCUT2D eigenvalue weighted by Crippen LogP contribution is -2.31. The van der Waals surface area contributed by atoms with Crippen LogP contribution in [0.1, 0.15) is 46.3 Å². The van der Waals surface area contributed by atoms with Gasteiger partial charge in [0.1, 0.15) is 5.69 Å². The zero-order valence-electron chi connectivity index (χ0n) is 13.0. The van der Waals surface area contributed by atoms with Crippen molar-refractivity contribution in [1.29, 1.82) is 0 Å². The molecule has 0 fully saturated rings. The maximum absolute atomic E-state index is 11.8. The zero-order valence-corrected chi connectivity index (χ0v) is 13.0. The molecule has 0 spiro atoms. The number of ether oxygens (including phenoxy) is 1. The number of H-pyrrole nitrogens is 1. The van der Waals surface area contributed by atoms with Gasteiger partial charge in [-0.1, -0.05) is 30.3 Å². The maximum atomic E-state index is 11.8. The molecule has 23 heavy (non-hydrogen) atoms. The first-order valence-corrected chi connectivity index (χ1v) is 7.18. The highest BCUT2D eigenvalue weighted by Crippen LogP contribution is 2.11. The molecule has 1 atom stereocenters. The van der Waals surface area contributed by atoms with Crippen molar-refractivity contribution in [3.8, 4) is 0 Å². The van der Waals surface area contributed by atoms with Crippen LogP contribution >= 0.6 is 0 Å². The number of amides is 1. The fourth-order valence-corrected chi connectivity index (χ4v) is 2.03. The van der Waals surface area contributed by atoms with Crippen LogP contribution in [0.4, 0.5) is 0 Å². The zero-order chi connectivity index (χ0) is 16.8. The van der Waals surface area contributed by atoms with Crippen molar-refractivity contribution >= 4 is 17.7 Å². The van der Waals surface area contributed by atoms with E-state index in [1.54, 1.807) is 0 Å². The maximum Gasteiger partial charge on any atom is 0.355 e. The summed E-state index contributed by atoms with van der Waals surface area (Å²) in [4.78, 5) is 37.4. The molecule has 2 rings (SSSR count). The number of carbonyl (C=O) groups is 3. The molecule has 6 nitrogen and oxygen atoms in total. The van der Waals surface area contributed by atoms with E-state index >= 15 is 0 Å². The molecule has 0 radical (unpaired) electrons. The Morgan fingerprint density at radius 2 is 1.91 bits per heavy atom. The number of aromatic amines is 1. The molecule has 0 saturated heterocycles. The molecule has 0 aliphatic heterocycles. The van der Waals surface area contributed by atoms with E-state index in [0.717, 1.165) is 5.56 Å². The van der Waals surface area contributed by atoms with Crippen LogP contribution in [0.15, 0.2) is 42.6 Å². The fraction of sp³-hybridized carbons (Fsp3) is 0.235. The lowest BCUT2D eigenvalue weighted by atomic mass is 10.1. The van der Waals surface area contributed by atoms with Crippen molar-refractivity contribution in [2.45, 2.75) is 19.9 Å². The molecule has 0 unspecified atom stereocenters. The van der Waals surface area contributed by atoms with Gasteiger partial charge in [-0.2, -0.15) is 0 Å². The third-order valence-corrected chi connectivity index (χ3v) is 3.32. The molecular weight excluding hydrogens is 296 g/mol. The van der Waals surface area contributed by atoms with Gasteiger partial charge in [0, 0.05) is 11.8 Å². The molecule has 0 aliphatic rings. The van der Waals surface area contributed by atoms with E-state index in [-0.39, 0.29) is 24.1 Å². The monoisotopic (exact) mass is 314 g/mol. The second kappa shape index (κ2) is 7.40. The van der Waals surface area contributed by atoms with Gasteiger partial charge in [0.2, 0.25) is 0 Å². The van der Waals surface area contributed by atoms with Gasteiger partial charge < -0.3 is 15.0 Å². The minimum Gasteiger partial charge on any atom is -0.451 e. The van der Waals surface area contributed by atoms with Gasteiger partial charge in [0.05, 0.1) is 6.04 Å². The lowest BCUT2D eigenvalue weighted by Gasteiger charge is -2.14. The molecule has 1 heterocycles. The summed E-state index contributed by atoms with van der Waals surface area (Å²) in [6.07, 6.45) is 1.43. The molecule has 2 N–H and O–H groups in total. The predicted octanol–water partition coefficient (Wildman–Crippen LogP) is 2.25. The first-order chi connectivity index (χ1) is 11.0. The normalized spacial score (nSPS) is 11.6. The number of rotatable bonds is 6. The highest BCUT2D eigenvalue weighted by atomic mass is 16.5. The van der Waals surface area contributed by atoms with E-state index in [4.69, 9.17) is 4.74 Å². The molecular formula is C17H18N2O4. The highest BCUT2D eigenvalue weighted by molar-refractivity contribution is 5.97. The smallest absolute Gasteiger partial charge is 0.355 e. The Balaban J connectivity index is 1.84. The summed E-state index contributed by atoms with van der Waals surface area (Å²) in [7, 11) is 0.